The van der Waals surface area contributed by atoms with Gasteiger partial charge in [-0.2, -0.15) is 22.2 Å². The quantitative estimate of drug-likeness (QED) is 0.493. The molecule has 2 atom stereocenters. The van der Waals surface area contributed by atoms with Crippen LogP contribution in [0.5, 0.6) is 0 Å². The Morgan fingerprint density at radius 3 is 2.59 bits per heavy atom. The number of nitro groups is 1. The van der Waals surface area contributed by atoms with Gasteiger partial charge in [0.25, 0.3) is 0 Å². The number of hydrogen-bond acceptors (Lipinski definition) is 5. The molecule has 1 aliphatic carbocycles. The Morgan fingerprint density at radius 2 is 2.09 bits per heavy atom. The van der Waals surface area contributed by atoms with E-state index in [-0.39, 0.29) is 17.7 Å². The van der Waals surface area contributed by atoms with Gasteiger partial charge in [-0.05, 0) is 34.4 Å². The third kappa shape index (κ3) is 2.38. The molecule has 1 aromatic heterocycles. The van der Waals surface area contributed by atoms with E-state index in [2.05, 4.69) is 15.5 Å². The minimum absolute atomic E-state index is 0.00211. The molecule has 0 bridgehead atoms. The van der Waals surface area contributed by atoms with Crippen LogP contribution in [0.3, 0.4) is 0 Å². The van der Waals surface area contributed by atoms with Crippen molar-refractivity contribution in [3.05, 3.63) is 40.0 Å². The lowest BCUT2D eigenvalue weighted by Gasteiger charge is -2.10. The van der Waals surface area contributed by atoms with E-state index >= 15 is 0 Å². The molecular formula is C11H7F4N5O2. The molecule has 0 amide bonds. The monoisotopic (exact) mass is 317 g/mol. The molecule has 0 saturated heterocycles. The zero-order chi connectivity index (χ0) is 16.1. The van der Waals surface area contributed by atoms with Crippen molar-refractivity contribution in [3.63, 3.8) is 0 Å². The zero-order valence-electron chi connectivity index (χ0n) is 10.7. The van der Waals surface area contributed by atoms with Gasteiger partial charge in [0.2, 0.25) is 5.82 Å². The molecule has 22 heavy (non-hydrogen) atoms. The highest BCUT2D eigenvalue weighted by Crippen LogP contribution is 2.57. The van der Waals surface area contributed by atoms with Crippen molar-refractivity contribution >= 4 is 5.69 Å². The van der Waals surface area contributed by atoms with Crippen LogP contribution in [0.1, 0.15) is 17.9 Å². The Labute approximate surface area is 119 Å². The number of rotatable bonds is 3. The first-order valence-corrected chi connectivity index (χ1v) is 6.07. The molecule has 1 saturated carbocycles. The smallest absolute Gasteiger partial charge is 0.258 e. The van der Waals surface area contributed by atoms with Gasteiger partial charge in [0, 0.05) is 6.07 Å². The van der Waals surface area contributed by atoms with Gasteiger partial charge in [0.1, 0.15) is 6.33 Å². The van der Waals surface area contributed by atoms with E-state index in [1.807, 2.05) is 0 Å². The van der Waals surface area contributed by atoms with Crippen LogP contribution in [-0.4, -0.2) is 31.3 Å². The Bertz CT molecular complexity index is 731. The minimum Gasteiger partial charge on any atom is -0.258 e. The van der Waals surface area contributed by atoms with Crippen LogP contribution in [0.15, 0.2) is 18.5 Å². The van der Waals surface area contributed by atoms with Crippen LogP contribution in [0.2, 0.25) is 0 Å². The number of aromatic nitrogens is 4. The van der Waals surface area contributed by atoms with Crippen LogP contribution in [0.4, 0.5) is 23.2 Å². The number of nitrogens with zero attached hydrogens (tertiary/aromatic N) is 5. The molecule has 116 valence electrons. The summed E-state index contributed by atoms with van der Waals surface area (Å²) in [6.45, 7) is 0. The first kappa shape index (κ1) is 14.4. The van der Waals surface area contributed by atoms with Crippen molar-refractivity contribution in [2.24, 2.45) is 5.92 Å². The van der Waals surface area contributed by atoms with Crippen molar-refractivity contribution in [3.8, 4) is 5.69 Å². The number of halogens is 4. The van der Waals surface area contributed by atoms with Gasteiger partial charge in [-0.3, -0.25) is 10.1 Å². The molecule has 1 aliphatic rings. The maximum atomic E-state index is 13.8. The van der Waals surface area contributed by atoms with Gasteiger partial charge >= 0.3 is 11.9 Å². The lowest BCUT2D eigenvalue weighted by Crippen LogP contribution is -2.12. The van der Waals surface area contributed by atoms with E-state index in [1.54, 1.807) is 0 Å². The summed E-state index contributed by atoms with van der Waals surface area (Å²) in [4.78, 5) is 9.83. The van der Waals surface area contributed by atoms with E-state index in [4.69, 9.17) is 0 Å². The number of alkyl halides is 3. The maximum Gasteiger partial charge on any atom is 0.392 e. The van der Waals surface area contributed by atoms with Gasteiger partial charge < -0.3 is 0 Å². The maximum absolute atomic E-state index is 13.8. The molecule has 2 aromatic rings. The van der Waals surface area contributed by atoms with E-state index in [9.17, 15) is 27.7 Å². The molecule has 0 radical (unpaired) electrons. The molecule has 1 aromatic carbocycles. The second-order valence-electron chi connectivity index (χ2n) is 4.86. The normalized spacial score (nSPS) is 20.9. The molecule has 7 nitrogen and oxygen atoms in total. The van der Waals surface area contributed by atoms with E-state index in [1.165, 1.54) is 0 Å². The van der Waals surface area contributed by atoms with Crippen molar-refractivity contribution in [2.45, 2.75) is 18.5 Å². The predicted octanol–water partition coefficient (Wildman–Crippen LogP) is 2.38. The summed E-state index contributed by atoms with van der Waals surface area (Å²) in [5, 5.41) is 21.0. The standard InChI is InChI=1S/C11H7F4N5O2/c12-8-2-6(5-1-7(5)11(13,14)15)9(3-10(8)20(21)22)19-4-16-17-18-19/h2-5,7H,1H2/t5-,7+/m1/s1. The second-order valence-corrected chi connectivity index (χ2v) is 4.86. The van der Waals surface area contributed by atoms with Crippen LogP contribution in [0, 0.1) is 21.8 Å². The van der Waals surface area contributed by atoms with E-state index in [0.29, 0.717) is 0 Å². The van der Waals surface area contributed by atoms with Crippen LogP contribution < -0.4 is 0 Å². The van der Waals surface area contributed by atoms with Crippen molar-refractivity contribution in [2.75, 3.05) is 0 Å². The summed E-state index contributed by atoms with van der Waals surface area (Å²) < 4.78 is 52.9. The second kappa shape index (κ2) is 4.71. The molecule has 0 spiro atoms. The van der Waals surface area contributed by atoms with Crippen molar-refractivity contribution < 1.29 is 22.5 Å². The molecule has 0 unspecified atom stereocenters. The summed E-state index contributed by atoms with van der Waals surface area (Å²) in [5.41, 5.74) is -0.883. The lowest BCUT2D eigenvalue weighted by molar-refractivity contribution is -0.387. The molecule has 1 fully saturated rings. The van der Waals surface area contributed by atoms with Gasteiger partial charge in [-0.1, -0.05) is 0 Å². The van der Waals surface area contributed by atoms with E-state index in [0.717, 1.165) is 23.1 Å². The molecule has 1 heterocycles. The third-order valence-corrected chi connectivity index (χ3v) is 3.50. The van der Waals surface area contributed by atoms with E-state index < -0.39 is 34.4 Å². The SMILES string of the molecule is O=[N+]([O-])c1cc(-n2cnnn2)c([C@H]2C[C@@H]2C(F)(F)F)cc1F. The summed E-state index contributed by atoms with van der Waals surface area (Å²) >= 11 is 0. The van der Waals surface area contributed by atoms with Crippen molar-refractivity contribution in [1.82, 2.24) is 20.2 Å². The Morgan fingerprint density at radius 1 is 1.36 bits per heavy atom. The molecule has 0 aliphatic heterocycles. The first-order valence-electron chi connectivity index (χ1n) is 6.07. The largest absolute Gasteiger partial charge is 0.392 e. The number of hydrogen-bond donors (Lipinski definition) is 0. The van der Waals surface area contributed by atoms with Gasteiger partial charge in [-0.15, -0.1) is 5.10 Å². The number of benzene rings is 1. The van der Waals surface area contributed by atoms with Crippen LogP contribution in [-0.2, 0) is 0 Å². The predicted molar refractivity (Wildman–Crippen MR) is 62.7 cm³/mol. The average molecular weight is 317 g/mol. The Hall–Kier alpha value is -2.59. The molecule has 11 heteroatoms. The van der Waals surface area contributed by atoms with Crippen molar-refractivity contribution in [1.29, 1.82) is 0 Å². The fraction of sp³-hybridized carbons (Fsp3) is 0.364. The Kier molecular flexibility index (Phi) is 3.07. The minimum atomic E-state index is -4.40. The lowest BCUT2D eigenvalue weighted by atomic mass is 10.1. The van der Waals surface area contributed by atoms with Gasteiger partial charge in [-0.25, -0.2) is 0 Å². The zero-order valence-corrected chi connectivity index (χ0v) is 10.7. The Balaban J connectivity index is 2.10. The summed E-state index contributed by atoms with van der Waals surface area (Å²) in [6.07, 6.45) is -3.53. The highest BCUT2D eigenvalue weighted by molar-refractivity contribution is 5.53. The summed E-state index contributed by atoms with van der Waals surface area (Å²) in [6, 6.07) is 1.60. The molecule has 0 N–H and O–H groups in total. The van der Waals surface area contributed by atoms with Gasteiger partial charge in [0.05, 0.1) is 16.5 Å². The highest BCUT2D eigenvalue weighted by Gasteiger charge is 2.57. The molecule has 3 rings (SSSR count). The highest BCUT2D eigenvalue weighted by atomic mass is 19.4. The fourth-order valence-electron chi connectivity index (χ4n) is 2.37. The summed E-state index contributed by atoms with van der Waals surface area (Å²) in [7, 11) is 0. The van der Waals surface area contributed by atoms with Crippen LogP contribution >= 0.6 is 0 Å². The number of nitro benzene ring substituents is 1. The summed E-state index contributed by atoms with van der Waals surface area (Å²) in [5.74, 6) is -3.75. The first-order chi connectivity index (χ1) is 10.3. The topological polar surface area (TPSA) is 86.7 Å². The van der Waals surface area contributed by atoms with Gasteiger partial charge in [0.15, 0.2) is 0 Å². The molecular weight excluding hydrogens is 310 g/mol. The average Bonchev–Trinajstić information content (AvgIpc) is 3.06. The number of tetrazole rings is 1. The third-order valence-electron chi connectivity index (χ3n) is 3.50. The van der Waals surface area contributed by atoms with Crippen LogP contribution in [0.25, 0.3) is 5.69 Å². The fourth-order valence-corrected chi connectivity index (χ4v) is 2.37.